The van der Waals surface area contributed by atoms with Gasteiger partial charge in [-0.15, -0.1) is 11.3 Å². The smallest absolute Gasteiger partial charge is 0.0378 e. The van der Waals surface area contributed by atoms with E-state index >= 15 is 0 Å². The van der Waals surface area contributed by atoms with Crippen molar-refractivity contribution >= 4 is 21.4 Å². The topological polar surface area (TPSA) is 26.0 Å². The second kappa shape index (κ2) is 3.37. The van der Waals surface area contributed by atoms with Gasteiger partial charge in [0.15, 0.2) is 0 Å². The van der Waals surface area contributed by atoms with Crippen LogP contribution in [0.25, 0.3) is 10.1 Å². The summed E-state index contributed by atoms with van der Waals surface area (Å²) in [5, 5.41) is 1.36. The Morgan fingerprint density at radius 2 is 2.00 bits per heavy atom. The third-order valence-corrected chi connectivity index (χ3v) is 4.25. The first-order chi connectivity index (χ1) is 6.61. The van der Waals surface area contributed by atoms with E-state index in [1.165, 1.54) is 26.1 Å². The van der Waals surface area contributed by atoms with Crippen LogP contribution in [0, 0.1) is 13.8 Å². The maximum absolute atomic E-state index is 5.94. The molecule has 0 spiro atoms. The van der Waals surface area contributed by atoms with Gasteiger partial charge in [0.05, 0.1) is 0 Å². The predicted octanol–water partition coefficient (Wildman–Crippen LogP) is 3.54. The first-order valence-corrected chi connectivity index (χ1v) is 5.67. The van der Waals surface area contributed by atoms with Gasteiger partial charge < -0.3 is 5.73 Å². The molecule has 0 amide bonds. The molecule has 2 rings (SSSR count). The highest BCUT2D eigenvalue weighted by molar-refractivity contribution is 7.19. The minimum Gasteiger partial charge on any atom is -0.323 e. The summed E-state index contributed by atoms with van der Waals surface area (Å²) in [6.07, 6.45) is 0. The zero-order chi connectivity index (χ0) is 10.3. The van der Waals surface area contributed by atoms with E-state index in [1.807, 2.05) is 18.3 Å². The van der Waals surface area contributed by atoms with Gasteiger partial charge in [-0.25, -0.2) is 0 Å². The van der Waals surface area contributed by atoms with Crippen LogP contribution in [0.3, 0.4) is 0 Å². The number of rotatable bonds is 1. The summed E-state index contributed by atoms with van der Waals surface area (Å²) < 4.78 is 1.39. The van der Waals surface area contributed by atoms with Gasteiger partial charge in [0.25, 0.3) is 0 Å². The highest BCUT2D eigenvalue weighted by Gasteiger charge is 2.11. The van der Waals surface area contributed by atoms with Gasteiger partial charge in [-0.05, 0) is 37.3 Å². The largest absolute Gasteiger partial charge is 0.323 e. The number of hydrogen-bond donors (Lipinski definition) is 1. The lowest BCUT2D eigenvalue weighted by molar-refractivity contribution is 0.832. The fourth-order valence-corrected chi connectivity index (χ4v) is 3.07. The van der Waals surface area contributed by atoms with Crippen LogP contribution in [0.5, 0.6) is 0 Å². The number of fused-ring (bicyclic) bond motifs is 1. The molecule has 1 atom stereocenters. The molecule has 14 heavy (non-hydrogen) atoms. The van der Waals surface area contributed by atoms with Gasteiger partial charge in [-0.1, -0.05) is 18.2 Å². The number of thiophene rings is 1. The van der Waals surface area contributed by atoms with Gasteiger partial charge in [-0.2, -0.15) is 0 Å². The van der Waals surface area contributed by atoms with Crippen molar-refractivity contribution in [3.05, 3.63) is 34.2 Å². The Morgan fingerprint density at radius 1 is 1.29 bits per heavy atom. The van der Waals surface area contributed by atoms with E-state index in [2.05, 4.69) is 32.0 Å². The standard InChI is InChI=1S/C12H15NS/c1-7-5-4-6-10-8(2)12(9(3)13)14-11(7)10/h4-6,9H,13H2,1-3H3. The number of nitrogens with two attached hydrogens (primary N) is 1. The molecule has 0 saturated heterocycles. The Hall–Kier alpha value is -0.860. The van der Waals surface area contributed by atoms with E-state index in [-0.39, 0.29) is 6.04 Å². The molecule has 1 aromatic heterocycles. The first kappa shape index (κ1) is 9.69. The Labute approximate surface area is 88.6 Å². The maximum atomic E-state index is 5.94. The molecule has 0 aliphatic heterocycles. The summed E-state index contributed by atoms with van der Waals surface area (Å²) >= 11 is 1.83. The van der Waals surface area contributed by atoms with Crippen LogP contribution < -0.4 is 5.73 Å². The molecule has 0 fully saturated rings. The lowest BCUT2D eigenvalue weighted by atomic mass is 10.1. The van der Waals surface area contributed by atoms with Gasteiger partial charge in [0.1, 0.15) is 0 Å². The zero-order valence-corrected chi connectivity index (χ0v) is 9.61. The summed E-state index contributed by atoms with van der Waals surface area (Å²) in [5.41, 5.74) is 8.64. The predicted molar refractivity (Wildman–Crippen MR) is 63.9 cm³/mol. The summed E-state index contributed by atoms with van der Waals surface area (Å²) in [7, 11) is 0. The Kier molecular flexibility index (Phi) is 2.33. The maximum Gasteiger partial charge on any atom is 0.0378 e. The molecule has 0 bridgehead atoms. The average Bonchev–Trinajstić information content (AvgIpc) is 2.46. The molecule has 2 N–H and O–H groups in total. The van der Waals surface area contributed by atoms with Crippen molar-refractivity contribution < 1.29 is 0 Å². The highest BCUT2D eigenvalue weighted by atomic mass is 32.1. The summed E-state index contributed by atoms with van der Waals surface area (Å²) in [5.74, 6) is 0. The Morgan fingerprint density at radius 3 is 2.57 bits per heavy atom. The fraction of sp³-hybridized carbons (Fsp3) is 0.333. The average molecular weight is 205 g/mol. The van der Waals surface area contributed by atoms with Crippen molar-refractivity contribution in [3.8, 4) is 0 Å². The number of benzene rings is 1. The van der Waals surface area contributed by atoms with Crippen LogP contribution in [0.2, 0.25) is 0 Å². The molecule has 0 aliphatic rings. The molecule has 0 radical (unpaired) electrons. The van der Waals surface area contributed by atoms with Crippen molar-refractivity contribution in [1.29, 1.82) is 0 Å². The second-order valence-electron chi connectivity index (χ2n) is 3.83. The molecule has 74 valence electrons. The quantitative estimate of drug-likeness (QED) is 0.757. The first-order valence-electron chi connectivity index (χ1n) is 4.85. The van der Waals surface area contributed by atoms with Gasteiger partial charge in [0, 0.05) is 15.6 Å². The SMILES string of the molecule is Cc1c(C(C)N)sc2c(C)cccc12. The molecule has 2 aromatic rings. The summed E-state index contributed by atoms with van der Waals surface area (Å²) in [6.45, 7) is 6.37. The third kappa shape index (κ3) is 1.35. The number of hydrogen-bond acceptors (Lipinski definition) is 2. The van der Waals surface area contributed by atoms with E-state index in [0.717, 1.165) is 0 Å². The van der Waals surface area contributed by atoms with Crippen LogP contribution in [0.15, 0.2) is 18.2 Å². The highest BCUT2D eigenvalue weighted by Crippen LogP contribution is 2.35. The van der Waals surface area contributed by atoms with Crippen LogP contribution >= 0.6 is 11.3 Å². The molecule has 0 saturated carbocycles. The van der Waals surface area contributed by atoms with Crippen molar-refractivity contribution in [2.24, 2.45) is 5.73 Å². The second-order valence-corrected chi connectivity index (χ2v) is 4.88. The van der Waals surface area contributed by atoms with Crippen LogP contribution in [-0.2, 0) is 0 Å². The van der Waals surface area contributed by atoms with E-state index in [0.29, 0.717) is 0 Å². The molecule has 1 unspecified atom stereocenters. The van der Waals surface area contributed by atoms with E-state index in [1.54, 1.807) is 0 Å². The molecular formula is C12H15NS. The molecule has 0 aliphatic carbocycles. The molecule has 2 heteroatoms. The van der Waals surface area contributed by atoms with Gasteiger partial charge in [0.2, 0.25) is 0 Å². The van der Waals surface area contributed by atoms with E-state index < -0.39 is 0 Å². The fourth-order valence-electron chi connectivity index (χ4n) is 1.84. The van der Waals surface area contributed by atoms with Crippen LogP contribution in [-0.4, -0.2) is 0 Å². The van der Waals surface area contributed by atoms with Crippen molar-refractivity contribution in [2.75, 3.05) is 0 Å². The molecular weight excluding hydrogens is 190 g/mol. The van der Waals surface area contributed by atoms with Gasteiger partial charge >= 0.3 is 0 Å². The zero-order valence-electron chi connectivity index (χ0n) is 8.79. The molecule has 1 aromatic carbocycles. The summed E-state index contributed by atoms with van der Waals surface area (Å²) in [4.78, 5) is 1.31. The third-order valence-electron chi connectivity index (χ3n) is 2.61. The summed E-state index contributed by atoms with van der Waals surface area (Å²) in [6, 6.07) is 6.60. The lowest BCUT2D eigenvalue weighted by Crippen LogP contribution is -2.03. The normalized spacial score (nSPS) is 13.4. The minimum atomic E-state index is 0.145. The molecule has 1 heterocycles. The van der Waals surface area contributed by atoms with Gasteiger partial charge in [-0.3, -0.25) is 0 Å². The van der Waals surface area contributed by atoms with Crippen LogP contribution in [0.1, 0.15) is 29.0 Å². The molecule has 1 nitrogen and oxygen atoms in total. The number of aryl methyl sites for hydroxylation is 2. The Bertz CT molecular complexity index is 468. The lowest BCUT2D eigenvalue weighted by Gasteiger charge is -2.01. The Balaban J connectivity index is 2.80. The minimum absolute atomic E-state index is 0.145. The van der Waals surface area contributed by atoms with Crippen LogP contribution in [0.4, 0.5) is 0 Å². The van der Waals surface area contributed by atoms with E-state index in [4.69, 9.17) is 5.73 Å². The van der Waals surface area contributed by atoms with Crippen molar-refractivity contribution in [2.45, 2.75) is 26.8 Å². The van der Waals surface area contributed by atoms with E-state index in [9.17, 15) is 0 Å². The monoisotopic (exact) mass is 205 g/mol. The van der Waals surface area contributed by atoms with Crippen molar-refractivity contribution in [1.82, 2.24) is 0 Å². The van der Waals surface area contributed by atoms with Crippen molar-refractivity contribution in [3.63, 3.8) is 0 Å².